The highest BCUT2D eigenvalue weighted by molar-refractivity contribution is 7.07. The van der Waals surface area contributed by atoms with Crippen molar-refractivity contribution in [3.05, 3.63) is 96.7 Å². The van der Waals surface area contributed by atoms with Crippen molar-refractivity contribution in [2.45, 2.75) is 26.8 Å². The number of hydrogen-bond donors (Lipinski definition) is 0. The van der Waals surface area contributed by atoms with Gasteiger partial charge >= 0.3 is 5.97 Å². The van der Waals surface area contributed by atoms with Crippen molar-refractivity contribution in [2.24, 2.45) is 4.99 Å². The third-order valence-corrected chi connectivity index (χ3v) is 7.03. The average molecular weight is 488 g/mol. The fourth-order valence-electron chi connectivity index (χ4n) is 4.54. The van der Waals surface area contributed by atoms with Crippen LogP contribution in [0.3, 0.4) is 0 Å². The van der Waals surface area contributed by atoms with E-state index in [9.17, 15) is 19.2 Å². The number of thiazole rings is 1. The second kappa shape index (κ2) is 8.59. The van der Waals surface area contributed by atoms with Crippen LogP contribution in [-0.4, -0.2) is 29.0 Å². The lowest BCUT2D eigenvalue weighted by Crippen LogP contribution is -2.41. The first kappa shape index (κ1) is 22.7. The third-order valence-electron chi connectivity index (χ3n) is 5.98. The van der Waals surface area contributed by atoms with E-state index in [4.69, 9.17) is 4.74 Å². The molecule has 2 aliphatic heterocycles. The Labute approximate surface area is 204 Å². The van der Waals surface area contributed by atoms with Crippen LogP contribution in [0.2, 0.25) is 0 Å². The molecule has 35 heavy (non-hydrogen) atoms. The third kappa shape index (κ3) is 3.47. The van der Waals surface area contributed by atoms with Crippen LogP contribution in [0.1, 0.15) is 37.9 Å². The minimum absolute atomic E-state index is 0.157. The molecule has 2 amide bonds. The van der Waals surface area contributed by atoms with Crippen molar-refractivity contribution in [3.8, 4) is 0 Å². The molecule has 2 aromatic carbocycles. The first-order chi connectivity index (χ1) is 16.8. The van der Waals surface area contributed by atoms with Crippen LogP contribution in [0.15, 0.2) is 75.7 Å². The van der Waals surface area contributed by atoms with Crippen molar-refractivity contribution < 1.29 is 19.1 Å². The van der Waals surface area contributed by atoms with Crippen LogP contribution < -0.4 is 19.8 Å². The Kier molecular flexibility index (Phi) is 5.56. The summed E-state index contributed by atoms with van der Waals surface area (Å²) in [6, 6.07) is 15.3. The number of carbonyl (C=O) groups excluding carboxylic acids is 3. The quantitative estimate of drug-likeness (QED) is 0.527. The van der Waals surface area contributed by atoms with Crippen molar-refractivity contribution in [1.29, 1.82) is 0 Å². The van der Waals surface area contributed by atoms with E-state index >= 15 is 0 Å². The Morgan fingerprint density at radius 1 is 1.06 bits per heavy atom. The lowest BCUT2D eigenvalue weighted by Gasteiger charge is -2.24. The van der Waals surface area contributed by atoms with E-state index in [-0.39, 0.29) is 22.3 Å². The van der Waals surface area contributed by atoms with E-state index < -0.39 is 29.4 Å². The number of allylic oxidation sites excluding steroid dienone is 1. The lowest BCUT2D eigenvalue weighted by molar-refractivity contribution is -0.139. The number of fused-ring (bicyclic) bond motifs is 2. The maximum Gasteiger partial charge on any atom is 0.338 e. The van der Waals surface area contributed by atoms with E-state index in [0.717, 1.165) is 16.2 Å². The number of ether oxygens (including phenoxy) is 1. The molecule has 3 heterocycles. The van der Waals surface area contributed by atoms with E-state index in [1.165, 1.54) is 11.5 Å². The van der Waals surface area contributed by atoms with Crippen molar-refractivity contribution >= 4 is 40.4 Å². The standard InChI is InChI=1S/C26H21N3O5S/c1-4-34-25(33)19-14(2)27-26-29(21(19)16-10-6-5-7-11-16)24(32)22(35-26)20-17-12-8-9-13-18(17)28(15(3)30)23(20)31/h5-13,21H,4H2,1-3H3/b22-20-/t21-/m1/s1. The highest BCUT2D eigenvalue weighted by Crippen LogP contribution is 2.35. The predicted octanol–water partition coefficient (Wildman–Crippen LogP) is 2.06. The molecule has 1 atom stereocenters. The molecule has 0 fully saturated rings. The minimum Gasteiger partial charge on any atom is -0.463 e. The van der Waals surface area contributed by atoms with E-state index in [1.807, 2.05) is 30.3 Å². The van der Waals surface area contributed by atoms with Gasteiger partial charge in [0.05, 0.1) is 35.2 Å². The zero-order chi connectivity index (χ0) is 24.9. The summed E-state index contributed by atoms with van der Waals surface area (Å²) >= 11 is 1.07. The second-order valence-corrected chi connectivity index (χ2v) is 9.06. The van der Waals surface area contributed by atoms with Gasteiger partial charge in [0, 0.05) is 12.5 Å². The van der Waals surface area contributed by atoms with Crippen LogP contribution in [0.25, 0.3) is 5.57 Å². The topological polar surface area (TPSA) is 98.0 Å². The van der Waals surface area contributed by atoms with Gasteiger partial charge in [0.2, 0.25) is 5.91 Å². The maximum atomic E-state index is 13.9. The number of rotatable bonds is 3. The molecule has 0 unspecified atom stereocenters. The normalized spacial score (nSPS) is 18.2. The van der Waals surface area contributed by atoms with Crippen molar-refractivity contribution in [1.82, 2.24) is 4.57 Å². The summed E-state index contributed by atoms with van der Waals surface area (Å²) in [6.07, 6.45) is 0. The molecule has 0 saturated heterocycles. The fourth-order valence-corrected chi connectivity index (χ4v) is 5.68. The largest absolute Gasteiger partial charge is 0.463 e. The Hall–Kier alpha value is -4.11. The van der Waals surface area contributed by atoms with Gasteiger partial charge in [-0.15, -0.1) is 0 Å². The monoisotopic (exact) mass is 487 g/mol. The number of hydrogen-bond acceptors (Lipinski definition) is 7. The highest BCUT2D eigenvalue weighted by Gasteiger charge is 2.38. The summed E-state index contributed by atoms with van der Waals surface area (Å²) in [6.45, 7) is 4.91. The molecule has 176 valence electrons. The van der Waals surface area contributed by atoms with Gasteiger partial charge in [-0.2, -0.15) is 0 Å². The molecule has 0 saturated carbocycles. The summed E-state index contributed by atoms with van der Waals surface area (Å²) in [5, 5.41) is 0. The number of anilines is 1. The molecule has 0 radical (unpaired) electrons. The molecular weight excluding hydrogens is 466 g/mol. The van der Waals surface area contributed by atoms with Gasteiger partial charge < -0.3 is 4.74 Å². The van der Waals surface area contributed by atoms with Crippen molar-refractivity contribution in [2.75, 3.05) is 11.5 Å². The fraction of sp³-hybridized carbons (Fsp3) is 0.192. The highest BCUT2D eigenvalue weighted by atomic mass is 32.1. The first-order valence-corrected chi connectivity index (χ1v) is 11.9. The molecule has 1 aromatic heterocycles. The summed E-state index contributed by atoms with van der Waals surface area (Å²) in [5.74, 6) is -1.54. The van der Waals surface area contributed by atoms with E-state index in [1.54, 1.807) is 38.1 Å². The number of carbonyl (C=O) groups is 3. The molecule has 9 heteroatoms. The van der Waals surface area contributed by atoms with Gasteiger partial charge in [-0.1, -0.05) is 59.9 Å². The average Bonchev–Trinajstić information content (AvgIpc) is 3.31. The first-order valence-electron chi connectivity index (χ1n) is 11.1. The van der Waals surface area contributed by atoms with E-state index in [0.29, 0.717) is 27.3 Å². The van der Waals surface area contributed by atoms with Crippen LogP contribution in [-0.2, 0) is 19.1 Å². The lowest BCUT2D eigenvalue weighted by atomic mass is 9.96. The Morgan fingerprint density at radius 3 is 2.43 bits per heavy atom. The Bertz CT molecular complexity index is 1610. The number of esters is 1. The molecule has 5 rings (SSSR count). The number of imide groups is 1. The summed E-state index contributed by atoms with van der Waals surface area (Å²) in [5.41, 5.74) is 2.07. The number of nitrogens with zero attached hydrogens (tertiary/aromatic N) is 3. The molecule has 3 aromatic rings. The zero-order valence-corrected chi connectivity index (χ0v) is 20.1. The van der Waals surface area contributed by atoms with Gasteiger partial charge in [0.25, 0.3) is 11.5 Å². The number of benzene rings is 2. The molecule has 0 N–H and O–H groups in total. The number of amides is 2. The minimum atomic E-state index is -0.767. The molecular formula is C26H21N3O5S. The van der Waals surface area contributed by atoms with Crippen LogP contribution >= 0.6 is 11.3 Å². The zero-order valence-electron chi connectivity index (χ0n) is 19.3. The molecule has 0 spiro atoms. The van der Waals surface area contributed by atoms with Crippen LogP contribution in [0, 0.1) is 0 Å². The number of aromatic nitrogens is 1. The van der Waals surface area contributed by atoms with Crippen molar-refractivity contribution in [3.63, 3.8) is 0 Å². The Morgan fingerprint density at radius 2 is 1.74 bits per heavy atom. The summed E-state index contributed by atoms with van der Waals surface area (Å²) in [4.78, 5) is 58.5. The van der Waals surface area contributed by atoms with Gasteiger partial charge in [-0.25, -0.2) is 14.7 Å². The maximum absolute atomic E-state index is 13.9. The van der Waals surface area contributed by atoms with Gasteiger partial charge in [-0.3, -0.25) is 19.0 Å². The van der Waals surface area contributed by atoms with Crippen LogP contribution in [0.5, 0.6) is 0 Å². The van der Waals surface area contributed by atoms with Gasteiger partial charge in [0.1, 0.15) is 4.53 Å². The molecule has 2 aliphatic rings. The molecule has 0 bridgehead atoms. The second-order valence-electron chi connectivity index (χ2n) is 8.09. The van der Waals surface area contributed by atoms with Crippen LogP contribution in [0.4, 0.5) is 5.69 Å². The number of para-hydroxylation sites is 1. The van der Waals surface area contributed by atoms with Gasteiger partial charge in [0.15, 0.2) is 4.80 Å². The SMILES string of the molecule is CCOC(=O)C1=C(C)N=c2s/c(=C3\C(=O)N(C(C)=O)c4ccccc43)c(=O)n2[C@@H]1c1ccccc1. The smallest absolute Gasteiger partial charge is 0.338 e. The van der Waals surface area contributed by atoms with E-state index in [2.05, 4.69) is 4.99 Å². The summed E-state index contributed by atoms with van der Waals surface area (Å²) < 4.78 is 6.91. The molecule has 0 aliphatic carbocycles. The summed E-state index contributed by atoms with van der Waals surface area (Å²) in [7, 11) is 0. The van der Waals surface area contributed by atoms with Gasteiger partial charge in [-0.05, 0) is 25.5 Å². The molecule has 8 nitrogen and oxygen atoms in total. The Balaban J connectivity index is 1.84. The predicted molar refractivity (Wildman–Crippen MR) is 130 cm³/mol.